The molecule has 0 radical (unpaired) electrons. The third-order valence-electron chi connectivity index (χ3n) is 5.71. The number of fused-ring (bicyclic) bond motifs is 1. The second-order valence-electron chi connectivity index (χ2n) is 7.07. The Hall–Kier alpha value is 2.60. The fourth-order valence-corrected chi connectivity index (χ4v) is 13.0. The Morgan fingerprint density at radius 2 is 1.38 bits per heavy atom. The highest BCUT2D eigenvalue weighted by molar-refractivity contribution is 9.17. The summed E-state index contributed by atoms with van der Waals surface area (Å²) < 4.78 is 1.06. The number of hydrogen-bond donors (Lipinski definition) is 0. The fourth-order valence-electron chi connectivity index (χ4n) is 3.82. The number of benzene rings is 1. The molecule has 0 spiro atoms. The lowest BCUT2D eigenvalue weighted by Crippen LogP contribution is -2.68. The molecule has 2 aliphatic rings. The Bertz CT molecular complexity index is 774. The predicted molar refractivity (Wildman–Crippen MR) is 140 cm³/mol. The Kier molecular flexibility index (Phi) is 6.32. The first-order chi connectivity index (χ1) is 11.7. The van der Waals surface area contributed by atoms with Crippen LogP contribution in [0.4, 0.5) is 0 Å². The monoisotopic (exact) mass is 864 g/mol. The first kappa shape index (κ1) is 23.3. The minimum atomic E-state index is -0.547. The predicted octanol–water partition coefficient (Wildman–Crippen LogP) is 8.84. The fraction of sp³-hybridized carbons (Fsp3) is 0.529. The van der Waals surface area contributed by atoms with E-state index in [1.165, 1.54) is 0 Å². The van der Waals surface area contributed by atoms with Crippen LogP contribution in [0.5, 0.6) is 0 Å². The van der Waals surface area contributed by atoms with Crippen molar-refractivity contribution in [3.05, 3.63) is 46.1 Å². The van der Waals surface area contributed by atoms with E-state index in [2.05, 4.69) is 177 Å². The Morgan fingerprint density at radius 3 is 1.88 bits per heavy atom. The van der Waals surface area contributed by atoms with Gasteiger partial charge in [-0.25, -0.2) is 0 Å². The zero-order valence-electron chi connectivity index (χ0n) is 13.9. The molecular weight excluding hydrogens is 857 g/mol. The van der Waals surface area contributed by atoms with Crippen molar-refractivity contribution in [2.45, 2.75) is 47.3 Å². The molecule has 1 saturated heterocycles. The number of rotatable bonds is 1. The second kappa shape index (κ2) is 7.06. The lowest BCUT2D eigenvalue weighted by Gasteiger charge is -2.57. The van der Waals surface area contributed by atoms with Gasteiger partial charge in [0.1, 0.15) is 8.77 Å². The van der Waals surface area contributed by atoms with Crippen LogP contribution in [0.3, 0.4) is 0 Å². The van der Waals surface area contributed by atoms with Crippen LogP contribution in [-0.4, -0.2) is 26.1 Å². The second-order valence-corrected chi connectivity index (χ2v) is 16.7. The third-order valence-corrected chi connectivity index (χ3v) is 20.0. The SMILES string of the molecule is CC1(Br)C(Br)C(Br)=C2N(Br)C(Br)(c3ccccc3)C(C)(Br)C2(Br)C1(C)Br. The van der Waals surface area contributed by atoms with Crippen LogP contribution in [0.1, 0.15) is 26.3 Å². The largest absolute Gasteiger partial charge is 0.288 e. The maximum Gasteiger partial charge on any atom is 0.148 e. The molecule has 144 valence electrons. The Balaban J connectivity index is 2.42. The molecule has 0 aromatic heterocycles. The summed E-state index contributed by atoms with van der Waals surface area (Å²) in [5, 5.41) is 0. The van der Waals surface area contributed by atoms with Crippen LogP contribution in [0.2, 0.25) is 0 Å². The van der Waals surface area contributed by atoms with Crippen LogP contribution in [-0.2, 0) is 4.45 Å². The summed E-state index contributed by atoms with van der Waals surface area (Å²) in [6.07, 6.45) is 0. The molecule has 9 heteroatoms. The minimum Gasteiger partial charge on any atom is -0.288 e. The number of allylic oxidation sites excluding steroid dienone is 2. The molecule has 1 heterocycles. The number of halogens is 8. The van der Waals surface area contributed by atoms with Gasteiger partial charge < -0.3 is 0 Å². The van der Waals surface area contributed by atoms with Crippen molar-refractivity contribution in [3.8, 4) is 0 Å². The average Bonchev–Trinajstić information content (AvgIpc) is 2.70. The van der Waals surface area contributed by atoms with Crippen molar-refractivity contribution in [1.29, 1.82) is 0 Å². The smallest absolute Gasteiger partial charge is 0.148 e. The molecule has 3 rings (SSSR count). The van der Waals surface area contributed by atoms with E-state index in [1.54, 1.807) is 0 Å². The molecule has 1 fully saturated rings. The van der Waals surface area contributed by atoms with Crippen molar-refractivity contribution in [2.24, 2.45) is 0 Å². The summed E-state index contributed by atoms with van der Waals surface area (Å²) >= 11 is 32.2. The van der Waals surface area contributed by atoms with Crippen LogP contribution in [0, 0.1) is 0 Å². The Labute approximate surface area is 222 Å². The minimum absolute atomic E-state index is 0.0639. The van der Waals surface area contributed by atoms with Gasteiger partial charge in [0.15, 0.2) is 0 Å². The summed E-state index contributed by atoms with van der Waals surface area (Å²) in [6.45, 7) is 6.62. The highest BCUT2D eigenvalue weighted by Gasteiger charge is 2.79. The Morgan fingerprint density at radius 1 is 0.885 bits per heavy atom. The highest BCUT2D eigenvalue weighted by atomic mass is 79.9. The molecule has 1 aliphatic heterocycles. The van der Waals surface area contributed by atoms with E-state index in [-0.39, 0.29) is 13.5 Å². The van der Waals surface area contributed by atoms with Crippen molar-refractivity contribution in [2.75, 3.05) is 0 Å². The molecule has 0 bridgehead atoms. The van der Waals surface area contributed by atoms with Gasteiger partial charge in [0, 0.05) is 4.48 Å². The van der Waals surface area contributed by atoms with Crippen LogP contribution in [0.15, 0.2) is 40.5 Å². The van der Waals surface area contributed by atoms with Crippen LogP contribution >= 0.6 is 128 Å². The molecule has 0 amide bonds. The quantitative estimate of drug-likeness (QED) is 0.155. The number of alkyl halides is 6. The van der Waals surface area contributed by atoms with Crippen molar-refractivity contribution < 1.29 is 0 Å². The molecule has 1 aromatic carbocycles. The molecule has 1 nitrogen and oxygen atoms in total. The average molecular weight is 873 g/mol. The summed E-state index contributed by atoms with van der Waals surface area (Å²) in [7, 11) is 0. The number of nitrogens with zero attached hydrogens (tertiary/aromatic N) is 1. The number of hydrogen-bond acceptors (Lipinski definition) is 1. The van der Waals surface area contributed by atoms with Gasteiger partial charge >= 0.3 is 0 Å². The van der Waals surface area contributed by atoms with Gasteiger partial charge in [-0.2, -0.15) is 0 Å². The molecule has 1 aromatic rings. The summed E-state index contributed by atoms with van der Waals surface area (Å²) in [5.41, 5.74) is 2.25. The first-order valence-electron chi connectivity index (χ1n) is 7.71. The van der Waals surface area contributed by atoms with Crippen LogP contribution in [0.25, 0.3) is 0 Å². The maximum absolute atomic E-state index is 4.19. The van der Waals surface area contributed by atoms with E-state index >= 15 is 0 Å². The van der Waals surface area contributed by atoms with Gasteiger partial charge in [-0.3, -0.25) is 3.93 Å². The van der Waals surface area contributed by atoms with Gasteiger partial charge in [0.25, 0.3) is 0 Å². The van der Waals surface area contributed by atoms with Crippen LogP contribution < -0.4 is 0 Å². The summed E-state index contributed by atoms with van der Waals surface area (Å²) in [6, 6.07) is 10.4. The third kappa shape index (κ3) is 2.56. The molecule has 0 N–H and O–H groups in total. The normalized spacial score (nSPS) is 48.7. The van der Waals surface area contributed by atoms with E-state index in [4.69, 9.17) is 0 Å². The standard InChI is InChI=1S/C17H15Br8N/c1-13(20)11(19)10(18)12-16(23,14(13,2)21)15(3,22)17(24,26(12)25)9-7-5-4-6-8-9/h4-8,11H,1-3H3. The van der Waals surface area contributed by atoms with Crippen molar-refractivity contribution in [3.63, 3.8) is 0 Å². The van der Waals surface area contributed by atoms with E-state index in [0.717, 1.165) is 15.7 Å². The lowest BCUT2D eigenvalue weighted by atomic mass is 9.70. The zero-order chi connectivity index (χ0) is 19.9. The van der Waals surface area contributed by atoms with E-state index in [0.29, 0.717) is 0 Å². The highest BCUT2D eigenvalue weighted by Crippen LogP contribution is 2.76. The van der Waals surface area contributed by atoms with Gasteiger partial charge in [0.2, 0.25) is 0 Å². The molecular formula is C17H15Br8N. The molecule has 0 saturated carbocycles. The molecule has 26 heavy (non-hydrogen) atoms. The zero-order valence-corrected chi connectivity index (χ0v) is 26.6. The van der Waals surface area contributed by atoms with Crippen molar-refractivity contribution in [1.82, 2.24) is 3.93 Å². The molecule has 6 unspecified atom stereocenters. The lowest BCUT2D eigenvalue weighted by molar-refractivity contribution is 0.353. The molecule has 6 atom stereocenters. The van der Waals surface area contributed by atoms with Gasteiger partial charge in [-0.1, -0.05) is 142 Å². The maximum atomic E-state index is 4.19. The summed E-state index contributed by atoms with van der Waals surface area (Å²) in [5.74, 6) is 0. The van der Waals surface area contributed by atoms with E-state index < -0.39 is 13.1 Å². The molecule has 1 aliphatic carbocycles. The van der Waals surface area contributed by atoms with E-state index in [1.807, 2.05) is 6.07 Å². The topological polar surface area (TPSA) is 3.24 Å². The first-order valence-corrected chi connectivity index (χ1v) is 14.1. The summed E-state index contributed by atoms with van der Waals surface area (Å²) in [4.78, 5) is 0.0639. The van der Waals surface area contributed by atoms with Gasteiger partial charge in [-0.15, -0.1) is 0 Å². The van der Waals surface area contributed by atoms with Gasteiger partial charge in [0.05, 0.1) is 39.6 Å². The van der Waals surface area contributed by atoms with Crippen molar-refractivity contribution >= 4 is 128 Å². The van der Waals surface area contributed by atoms with Gasteiger partial charge in [-0.05, 0) is 26.3 Å². The van der Waals surface area contributed by atoms with E-state index in [9.17, 15) is 0 Å².